The molecule has 0 radical (unpaired) electrons. The highest BCUT2D eigenvalue weighted by molar-refractivity contribution is 5.71. The molecule has 2 fully saturated rings. The second-order valence-corrected chi connectivity index (χ2v) is 18.1. The van der Waals surface area contributed by atoms with E-state index in [0.29, 0.717) is 11.8 Å². The Balaban J connectivity index is 1.18. The van der Waals surface area contributed by atoms with Gasteiger partial charge in [0, 0.05) is 11.8 Å². The number of rotatable bonds is 24. The molecule has 61 heavy (non-hydrogen) atoms. The third-order valence-corrected chi connectivity index (χ3v) is 13.3. The van der Waals surface area contributed by atoms with E-state index in [1.54, 1.807) is 0 Å². The molecule has 2 saturated carbocycles. The van der Waals surface area contributed by atoms with Crippen LogP contribution in [0.25, 0.3) is 22.3 Å². The van der Waals surface area contributed by atoms with Crippen molar-refractivity contribution in [3.8, 4) is 57.4 Å². The van der Waals surface area contributed by atoms with E-state index in [2.05, 4.69) is 111 Å². The summed E-state index contributed by atoms with van der Waals surface area (Å²) in [6, 6.07) is 35.5. The van der Waals surface area contributed by atoms with Crippen molar-refractivity contribution in [3.63, 3.8) is 0 Å². The van der Waals surface area contributed by atoms with Crippen molar-refractivity contribution in [2.24, 2.45) is 23.7 Å². The summed E-state index contributed by atoms with van der Waals surface area (Å²) in [4.78, 5) is 0. The minimum atomic E-state index is 0.189. The Morgan fingerprint density at radius 3 is 1.18 bits per heavy atom. The van der Waals surface area contributed by atoms with Crippen LogP contribution >= 0.6 is 0 Å². The summed E-state index contributed by atoms with van der Waals surface area (Å²) in [5, 5.41) is 19.1. The molecule has 0 aromatic heterocycles. The maximum absolute atomic E-state index is 9.56. The van der Waals surface area contributed by atoms with Gasteiger partial charge in [0.15, 0.2) is 0 Å². The Morgan fingerprint density at radius 1 is 0.443 bits per heavy atom. The Kier molecular flexibility index (Phi) is 19.0. The van der Waals surface area contributed by atoms with Crippen LogP contribution in [0, 0.1) is 46.3 Å². The first-order valence-electron chi connectivity index (χ1n) is 24.2. The Morgan fingerprint density at radius 2 is 0.803 bits per heavy atom. The summed E-state index contributed by atoms with van der Waals surface area (Å²) >= 11 is 0. The van der Waals surface area contributed by atoms with Crippen LogP contribution in [-0.2, 0) is 12.8 Å². The fourth-order valence-electron chi connectivity index (χ4n) is 9.52. The van der Waals surface area contributed by atoms with Crippen molar-refractivity contribution in [2.45, 2.75) is 155 Å². The van der Waals surface area contributed by atoms with Gasteiger partial charge in [-0.15, -0.1) is 0 Å². The van der Waals surface area contributed by atoms with Gasteiger partial charge in [-0.05, 0) is 171 Å². The van der Waals surface area contributed by atoms with E-state index in [1.807, 2.05) is 0 Å². The van der Waals surface area contributed by atoms with Gasteiger partial charge in [-0.25, -0.2) is 0 Å². The van der Waals surface area contributed by atoms with E-state index < -0.39 is 0 Å². The molecule has 0 spiro atoms. The first-order chi connectivity index (χ1) is 30.0. The second-order valence-electron chi connectivity index (χ2n) is 18.1. The molecule has 5 heteroatoms. The molecule has 4 aromatic rings. The van der Waals surface area contributed by atoms with Crippen molar-refractivity contribution in [2.75, 3.05) is 13.2 Å². The largest absolute Gasteiger partial charge is 0.494 e. The van der Waals surface area contributed by atoms with Gasteiger partial charge in [0.1, 0.15) is 23.0 Å². The van der Waals surface area contributed by atoms with Crippen LogP contribution in [-0.4, -0.2) is 13.2 Å². The summed E-state index contributed by atoms with van der Waals surface area (Å²) < 4.78 is 19.0. The van der Waals surface area contributed by atoms with Gasteiger partial charge in [-0.1, -0.05) is 114 Å². The molecule has 0 amide bonds. The zero-order valence-corrected chi connectivity index (χ0v) is 37.5. The average Bonchev–Trinajstić information content (AvgIpc) is 3.30. The first kappa shape index (κ1) is 45.8. The molecular weight excluding hydrogens is 749 g/mol. The average molecular weight is 821 g/mol. The number of hydrogen-bond donors (Lipinski definition) is 0. The van der Waals surface area contributed by atoms with Crippen LogP contribution in [0.15, 0.2) is 84.9 Å². The minimum absolute atomic E-state index is 0.189. The molecule has 0 N–H and O–H groups in total. The summed E-state index contributed by atoms with van der Waals surface area (Å²) in [6.45, 7) is 6.04. The molecule has 0 atom stereocenters. The topological polar surface area (TPSA) is 75.3 Å². The molecule has 0 heterocycles. The van der Waals surface area contributed by atoms with Crippen LogP contribution in [0.4, 0.5) is 0 Å². The summed E-state index contributed by atoms with van der Waals surface area (Å²) in [5.74, 6) is 5.04. The van der Waals surface area contributed by atoms with Gasteiger partial charge < -0.3 is 14.2 Å². The zero-order valence-electron chi connectivity index (χ0n) is 37.5. The summed E-state index contributed by atoms with van der Waals surface area (Å²) in [7, 11) is 0. The van der Waals surface area contributed by atoms with Crippen LogP contribution in [0.2, 0.25) is 0 Å². The standard InChI is InChI=1S/C56H72N2O3/c1-3-5-7-9-11-13-35-59-51-27-23-47(24-28-51)55-33-31-53(39-49(55)37-43-15-19-45(41-57)20-16-43)61-54-32-34-56(50(40-54)38-44-17-21-46(42-58)22-18-44)48-25-29-52(30-26-48)60-36-14-12-10-8-6-4-2/h23-34,39-40,43-46H,3-22,35-38H2,1-2H3/t43-,44-,45-,46-. The fraction of sp³-hybridized carbons (Fsp3) is 0.536. The van der Waals surface area contributed by atoms with Crippen LogP contribution in [0.3, 0.4) is 0 Å². The van der Waals surface area contributed by atoms with Crippen LogP contribution in [0.1, 0.15) is 153 Å². The highest BCUT2D eigenvalue weighted by Gasteiger charge is 2.24. The number of unbranched alkanes of at least 4 members (excludes halogenated alkanes) is 10. The van der Waals surface area contributed by atoms with Gasteiger partial charge >= 0.3 is 0 Å². The van der Waals surface area contributed by atoms with Crippen molar-refractivity contribution >= 4 is 0 Å². The van der Waals surface area contributed by atoms with E-state index in [-0.39, 0.29) is 11.8 Å². The van der Waals surface area contributed by atoms with E-state index in [9.17, 15) is 10.5 Å². The first-order valence-corrected chi connectivity index (χ1v) is 24.2. The van der Waals surface area contributed by atoms with Gasteiger partial charge in [0.05, 0.1) is 25.4 Å². The van der Waals surface area contributed by atoms with Crippen molar-refractivity contribution < 1.29 is 14.2 Å². The molecule has 0 aliphatic heterocycles. The highest BCUT2D eigenvalue weighted by Crippen LogP contribution is 2.39. The van der Waals surface area contributed by atoms with Gasteiger partial charge in [0.25, 0.3) is 0 Å². The number of benzene rings is 4. The Bertz CT molecular complexity index is 1810. The number of nitrogens with zero attached hydrogens (tertiary/aromatic N) is 2. The SMILES string of the molecule is CCCCCCCCOc1ccc(-c2ccc(Oc3ccc(-c4ccc(OCCCCCCCC)cc4)c(C[C@H]4CC[C@H](C#N)CC4)c3)cc2C[C@H]2CC[C@H](C#N)CC2)cc1. The lowest BCUT2D eigenvalue weighted by atomic mass is 9.79. The molecule has 0 saturated heterocycles. The predicted octanol–water partition coefficient (Wildman–Crippen LogP) is 16.0. The quantitative estimate of drug-likeness (QED) is 0.0658. The molecule has 2 aliphatic rings. The summed E-state index contributed by atoms with van der Waals surface area (Å²) in [6.07, 6.45) is 25.3. The van der Waals surface area contributed by atoms with Gasteiger partial charge in [-0.3, -0.25) is 0 Å². The maximum atomic E-state index is 9.56. The lowest BCUT2D eigenvalue weighted by Crippen LogP contribution is -2.15. The Labute approximate surface area is 368 Å². The Hall–Kier alpha value is -4.74. The van der Waals surface area contributed by atoms with Crippen molar-refractivity contribution in [1.82, 2.24) is 0 Å². The number of nitriles is 2. The van der Waals surface area contributed by atoms with Gasteiger partial charge in [-0.2, -0.15) is 10.5 Å². The molecule has 5 nitrogen and oxygen atoms in total. The van der Waals surface area contributed by atoms with E-state index in [0.717, 1.165) is 113 Å². The molecular formula is C56H72N2O3. The normalized spacial score (nSPS) is 18.8. The molecule has 0 bridgehead atoms. The second kappa shape index (κ2) is 25.3. The molecule has 4 aromatic carbocycles. The van der Waals surface area contributed by atoms with Crippen molar-refractivity contribution in [1.29, 1.82) is 10.5 Å². The van der Waals surface area contributed by atoms with Crippen LogP contribution < -0.4 is 14.2 Å². The monoisotopic (exact) mass is 821 g/mol. The number of ether oxygens (including phenoxy) is 3. The fourth-order valence-corrected chi connectivity index (χ4v) is 9.52. The van der Waals surface area contributed by atoms with E-state index in [1.165, 1.54) is 97.6 Å². The van der Waals surface area contributed by atoms with Crippen molar-refractivity contribution in [3.05, 3.63) is 96.1 Å². The number of hydrogen-bond acceptors (Lipinski definition) is 5. The third kappa shape index (κ3) is 14.7. The lowest BCUT2D eigenvalue weighted by Gasteiger charge is -2.26. The third-order valence-electron chi connectivity index (χ3n) is 13.3. The van der Waals surface area contributed by atoms with E-state index in [4.69, 9.17) is 14.2 Å². The lowest BCUT2D eigenvalue weighted by molar-refractivity contribution is 0.304. The van der Waals surface area contributed by atoms with E-state index >= 15 is 0 Å². The zero-order chi connectivity index (χ0) is 42.5. The molecule has 0 unspecified atom stereocenters. The highest BCUT2D eigenvalue weighted by atomic mass is 16.5. The molecule has 2 aliphatic carbocycles. The molecule has 324 valence electrons. The smallest absolute Gasteiger partial charge is 0.127 e. The molecule has 6 rings (SSSR count). The summed E-state index contributed by atoms with van der Waals surface area (Å²) in [5.41, 5.74) is 7.44. The van der Waals surface area contributed by atoms with Gasteiger partial charge in [0.2, 0.25) is 0 Å². The maximum Gasteiger partial charge on any atom is 0.127 e. The minimum Gasteiger partial charge on any atom is -0.494 e. The van der Waals surface area contributed by atoms with Crippen LogP contribution in [0.5, 0.6) is 23.0 Å². The predicted molar refractivity (Wildman–Crippen MR) is 251 cm³/mol.